The summed E-state index contributed by atoms with van der Waals surface area (Å²) in [7, 11) is -3.26. The van der Waals surface area contributed by atoms with Crippen LogP contribution in [-0.4, -0.2) is 48.2 Å². The van der Waals surface area contributed by atoms with Gasteiger partial charge in [0.15, 0.2) is 9.84 Å². The molecule has 2 heterocycles. The molecule has 1 saturated carbocycles. The number of hydrogen-bond donors (Lipinski definition) is 3. The van der Waals surface area contributed by atoms with Crippen LogP contribution >= 0.6 is 11.6 Å². The van der Waals surface area contributed by atoms with E-state index in [1.807, 2.05) is 55.9 Å². The molecule has 0 atom stereocenters. The minimum absolute atomic E-state index is 0.00182. The Kier molecular flexibility index (Phi) is 17.2. The van der Waals surface area contributed by atoms with Crippen LogP contribution in [0.3, 0.4) is 0 Å². The van der Waals surface area contributed by atoms with Crippen molar-refractivity contribution < 1.29 is 13.2 Å². The van der Waals surface area contributed by atoms with E-state index in [1.54, 1.807) is 18.2 Å². The van der Waals surface area contributed by atoms with Gasteiger partial charge in [-0.25, -0.2) is 8.42 Å². The number of nitrogens with zero attached hydrogens (tertiary/aromatic N) is 3. The Bertz CT molecular complexity index is 1490. The van der Waals surface area contributed by atoms with Gasteiger partial charge in [0.2, 0.25) is 11.9 Å². The third-order valence-corrected chi connectivity index (χ3v) is 8.29. The highest BCUT2D eigenvalue weighted by Crippen LogP contribution is 2.22. The molecule has 0 aliphatic heterocycles. The van der Waals surface area contributed by atoms with Crippen molar-refractivity contribution in [3.8, 4) is 5.82 Å². The van der Waals surface area contributed by atoms with Crippen molar-refractivity contribution in [1.82, 2.24) is 19.9 Å². The molecule has 4 rings (SSSR count). The van der Waals surface area contributed by atoms with Crippen molar-refractivity contribution in [3.05, 3.63) is 83.2 Å². The molecule has 3 aromatic rings. The van der Waals surface area contributed by atoms with E-state index >= 15 is 0 Å². The van der Waals surface area contributed by atoms with Crippen molar-refractivity contribution in [3.63, 3.8) is 0 Å². The number of allylic oxidation sites excluding steroid dienone is 2. The molecule has 0 unspecified atom stereocenters. The summed E-state index contributed by atoms with van der Waals surface area (Å²) in [6.45, 7) is 11.0. The van der Waals surface area contributed by atoms with Crippen molar-refractivity contribution in [2.24, 2.45) is 5.92 Å². The van der Waals surface area contributed by atoms with Crippen LogP contribution in [0.1, 0.15) is 78.7 Å². The van der Waals surface area contributed by atoms with Gasteiger partial charge in [0, 0.05) is 42.8 Å². The fourth-order valence-corrected chi connectivity index (χ4v) is 5.47. The summed E-state index contributed by atoms with van der Waals surface area (Å²) < 4.78 is 25.0. The van der Waals surface area contributed by atoms with Crippen molar-refractivity contribution in [2.75, 3.05) is 30.0 Å². The number of anilines is 2. The van der Waals surface area contributed by atoms with E-state index in [0.29, 0.717) is 29.2 Å². The first-order valence-electron chi connectivity index (χ1n) is 16.1. The van der Waals surface area contributed by atoms with Gasteiger partial charge in [-0.2, -0.15) is 9.97 Å². The van der Waals surface area contributed by atoms with E-state index in [1.165, 1.54) is 44.2 Å². The van der Waals surface area contributed by atoms with Gasteiger partial charge in [-0.15, -0.1) is 0 Å². The van der Waals surface area contributed by atoms with Crippen molar-refractivity contribution in [2.45, 2.75) is 84.6 Å². The van der Waals surface area contributed by atoms with E-state index < -0.39 is 9.84 Å². The molecule has 1 aromatic carbocycles. The molecule has 1 fully saturated rings. The Hall–Kier alpha value is -3.63. The maximum absolute atomic E-state index is 12.4. The van der Waals surface area contributed by atoms with E-state index in [0.717, 1.165) is 29.7 Å². The molecule has 1 aliphatic rings. The standard InChI is InChI=1S/C26H31ClN6O3S.C7H14.C2H6/c1-4-7-21(14-19(2)27)17-30-26-31-23(15-24(32-26)33-12-5-6-13-33)28-18-25(34)29-16-20-8-10-22(11-9-20)37(3,35)36;1-7-5-3-2-4-6-7;1-2/h5-15H,4,16-18H2,1-3H3,(H,29,34)(H2,28,30,31,32);7H,2-6H2,1H3;1-2H3/b19-14+,21-7+;;. The van der Waals surface area contributed by atoms with Crippen LogP contribution in [0.4, 0.5) is 11.8 Å². The zero-order valence-electron chi connectivity index (χ0n) is 28.1. The minimum Gasteiger partial charge on any atom is -0.361 e. The van der Waals surface area contributed by atoms with Gasteiger partial charge in [-0.05, 0) is 60.7 Å². The summed E-state index contributed by atoms with van der Waals surface area (Å²) >= 11 is 6.05. The highest BCUT2D eigenvalue weighted by molar-refractivity contribution is 7.90. The summed E-state index contributed by atoms with van der Waals surface area (Å²) in [5.41, 5.74) is 1.81. The monoisotopic (exact) mass is 670 g/mol. The van der Waals surface area contributed by atoms with E-state index in [2.05, 4.69) is 45.8 Å². The molecule has 3 N–H and O–H groups in total. The van der Waals surface area contributed by atoms with Crippen molar-refractivity contribution >= 4 is 39.1 Å². The van der Waals surface area contributed by atoms with Crippen molar-refractivity contribution in [1.29, 1.82) is 0 Å². The molecule has 1 aliphatic carbocycles. The third kappa shape index (κ3) is 14.6. The second-order valence-electron chi connectivity index (χ2n) is 11.1. The number of amides is 1. The summed E-state index contributed by atoms with van der Waals surface area (Å²) in [6.07, 6.45) is 17.2. The van der Waals surface area contributed by atoms with Gasteiger partial charge < -0.3 is 20.5 Å². The first kappa shape index (κ1) is 38.6. The van der Waals surface area contributed by atoms with Gasteiger partial charge in [0.05, 0.1) is 11.4 Å². The molecule has 1 amide bonds. The second-order valence-corrected chi connectivity index (χ2v) is 13.7. The second kappa shape index (κ2) is 20.5. The van der Waals surface area contributed by atoms with Gasteiger partial charge in [0.1, 0.15) is 11.6 Å². The number of hydrogen-bond acceptors (Lipinski definition) is 7. The first-order chi connectivity index (χ1) is 22.0. The molecule has 9 nitrogen and oxygen atoms in total. The molecular formula is C35H51ClN6O3S. The Balaban J connectivity index is 0.000000711. The quantitative estimate of drug-likeness (QED) is 0.168. The normalized spacial score (nSPS) is 13.9. The third-order valence-electron chi connectivity index (χ3n) is 7.05. The number of carbonyl (C=O) groups is 1. The van der Waals surface area contributed by atoms with Gasteiger partial charge in [0.25, 0.3) is 0 Å². The van der Waals surface area contributed by atoms with E-state index in [9.17, 15) is 13.2 Å². The number of nitrogens with one attached hydrogen (secondary N) is 3. The lowest BCUT2D eigenvalue weighted by molar-refractivity contribution is -0.119. The van der Waals surface area contributed by atoms with E-state index in [4.69, 9.17) is 11.6 Å². The van der Waals surface area contributed by atoms with Crippen LogP contribution in [0.15, 0.2) is 82.5 Å². The molecular weight excluding hydrogens is 620 g/mol. The Morgan fingerprint density at radius 3 is 2.22 bits per heavy atom. The minimum atomic E-state index is -3.26. The number of halogens is 1. The predicted molar refractivity (Wildman–Crippen MR) is 191 cm³/mol. The Morgan fingerprint density at radius 2 is 1.67 bits per heavy atom. The summed E-state index contributed by atoms with van der Waals surface area (Å²) in [6, 6.07) is 12.0. The average molecular weight is 671 g/mol. The maximum atomic E-state index is 12.4. The number of sulfone groups is 1. The molecule has 2 aromatic heterocycles. The smallest absolute Gasteiger partial charge is 0.239 e. The molecule has 11 heteroatoms. The molecule has 0 spiro atoms. The SMILES string of the molecule is CC.CC/C=C(\C=C(/C)Cl)CNc1nc(NCC(=O)NCc2ccc(S(C)(=O)=O)cc2)cc(-n2cccc2)n1.CC1CCCCC1. The maximum Gasteiger partial charge on any atom is 0.239 e. The molecule has 0 bridgehead atoms. The van der Waals surface area contributed by atoms with E-state index in [-0.39, 0.29) is 23.9 Å². The number of carbonyl (C=O) groups excluding carboxylic acids is 1. The zero-order valence-corrected chi connectivity index (χ0v) is 29.7. The van der Waals surface area contributed by atoms with Crippen LogP contribution in [0.5, 0.6) is 0 Å². The lowest BCUT2D eigenvalue weighted by Crippen LogP contribution is -2.29. The lowest BCUT2D eigenvalue weighted by atomic mass is 9.91. The van der Waals surface area contributed by atoms with Crippen LogP contribution in [0, 0.1) is 5.92 Å². The topological polar surface area (TPSA) is 118 Å². The highest BCUT2D eigenvalue weighted by atomic mass is 35.5. The number of rotatable bonds is 12. The predicted octanol–water partition coefficient (Wildman–Crippen LogP) is 7.90. The fourth-order valence-electron chi connectivity index (χ4n) is 4.70. The van der Waals surface area contributed by atoms with Crippen LogP contribution in [0.2, 0.25) is 0 Å². The highest BCUT2D eigenvalue weighted by Gasteiger charge is 2.10. The Labute approximate surface area is 280 Å². The first-order valence-corrected chi connectivity index (χ1v) is 18.4. The zero-order chi connectivity index (χ0) is 34.0. The molecule has 0 saturated heterocycles. The summed E-state index contributed by atoms with van der Waals surface area (Å²) in [5, 5.41) is 9.79. The number of benzene rings is 1. The van der Waals surface area contributed by atoms with Gasteiger partial charge in [-0.3, -0.25) is 4.79 Å². The van der Waals surface area contributed by atoms with Crippen LogP contribution in [-0.2, 0) is 21.2 Å². The molecule has 46 heavy (non-hydrogen) atoms. The fraction of sp³-hybridized carbons (Fsp3) is 0.457. The average Bonchev–Trinajstić information content (AvgIpc) is 3.58. The lowest BCUT2D eigenvalue weighted by Gasteiger charge is -2.15. The largest absolute Gasteiger partial charge is 0.361 e. The van der Waals surface area contributed by atoms with Gasteiger partial charge >= 0.3 is 0 Å². The number of aromatic nitrogens is 3. The Morgan fingerprint density at radius 1 is 1.02 bits per heavy atom. The summed E-state index contributed by atoms with van der Waals surface area (Å²) in [4.78, 5) is 21.8. The molecule has 252 valence electrons. The molecule has 0 radical (unpaired) electrons. The summed E-state index contributed by atoms with van der Waals surface area (Å²) in [5.74, 6) is 2.33. The van der Waals surface area contributed by atoms with Crippen LogP contribution in [0.25, 0.3) is 5.82 Å². The van der Waals surface area contributed by atoms with Crippen LogP contribution < -0.4 is 16.0 Å². The van der Waals surface area contributed by atoms with Gasteiger partial charge in [-0.1, -0.05) is 89.6 Å².